The SMILES string of the molecule is O=C1c2ccccc2C(=O)N1OCCCCCCCCCCCCOCc1ccccc1I. The molecular formula is C27H34INO4. The van der Waals surface area contributed by atoms with Gasteiger partial charge in [-0.1, -0.05) is 81.7 Å². The Bertz CT molecular complexity index is 866. The van der Waals surface area contributed by atoms with Crippen molar-refractivity contribution in [3.63, 3.8) is 0 Å². The molecule has 2 aromatic carbocycles. The fraction of sp³-hybridized carbons (Fsp3) is 0.481. The van der Waals surface area contributed by atoms with Crippen molar-refractivity contribution in [3.8, 4) is 0 Å². The predicted molar refractivity (Wildman–Crippen MR) is 138 cm³/mol. The van der Waals surface area contributed by atoms with Gasteiger partial charge in [0, 0.05) is 10.2 Å². The molecule has 3 rings (SSSR count). The molecule has 1 aliphatic heterocycles. The maximum Gasteiger partial charge on any atom is 0.285 e. The number of imide groups is 1. The zero-order valence-electron chi connectivity index (χ0n) is 19.3. The van der Waals surface area contributed by atoms with Crippen LogP contribution in [0.2, 0.25) is 0 Å². The highest BCUT2D eigenvalue weighted by molar-refractivity contribution is 14.1. The Hall–Kier alpha value is -1.77. The molecule has 178 valence electrons. The fourth-order valence-electron chi connectivity index (χ4n) is 3.96. The molecule has 0 saturated heterocycles. The van der Waals surface area contributed by atoms with E-state index in [0.29, 0.717) is 24.3 Å². The minimum atomic E-state index is -0.354. The number of halogens is 1. The molecule has 0 bridgehead atoms. The number of hydrogen-bond acceptors (Lipinski definition) is 4. The summed E-state index contributed by atoms with van der Waals surface area (Å²) in [5, 5.41) is 0.915. The van der Waals surface area contributed by atoms with Gasteiger partial charge in [0.15, 0.2) is 0 Å². The lowest BCUT2D eigenvalue weighted by Crippen LogP contribution is -2.30. The smallest absolute Gasteiger partial charge is 0.285 e. The minimum Gasteiger partial charge on any atom is -0.377 e. The van der Waals surface area contributed by atoms with Crippen molar-refractivity contribution in [2.24, 2.45) is 0 Å². The van der Waals surface area contributed by atoms with Crippen molar-refractivity contribution in [3.05, 3.63) is 68.8 Å². The Kier molecular flexibility index (Phi) is 11.3. The van der Waals surface area contributed by atoms with Crippen LogP contribution in [0, 0.1) is 3.57 Å². The summed E-state index contributed by atoms with van der Waals surface area (Å²) in [5.74, 6) is -0.707. The molecule has 0 aromatic heterocycles. The average molecular weight is 563 g/mol. The Balaban J connectivity index is 1.09. The van der Waals surface area contributed by atoms with Crippen LogP contribution in [0.4, 0.5) is 0 Å². The number of hydroxylamine groups is 2. The summed E-state index contributed by atoms with van der Waals surface area (Å²) in [7, 11) is 0. The first-order valence-corrected chi connectivity index (χ1v) is 13.2. The van der Waals surface area contributed by atoms with Crippen molar-refractivity contribution in [1.82, 2.24) is 5.06 Å². The third-order valence-corrected chi connectivity index (χ3v) is 6.93. The maximum atomic E-state index is 12.2. The second-order valence-electron chi connectivity index (χ2n) is 8.46. The molecule has 0 atom stereocenters. The third-order valence-electron chi connectivity index (χ3n) is 5.88. The Morgan fingerprint density at radius 3 is 1.70 bits per heavy atom. The molecular weight excluding hydrogens is 529 g/mol. The van der Waals surface area contributed by atoms with Crippen molar-refractivity contribution in [2.75, 3.05) is 13.2 Å². The molecule has 33 heavy (non-hydrogen) atoms. The van der Waals surface area contributed by atoms with Gasteiger partial charge in [0.1, 0.15) is 0 Å². The van der Waals surface area contributed by atoms with E-state index in [-0.39, 0.29) is 11.8 Å². The number of hydrogen-bond donors (Lipinski definition) is 0. The topological polar surface area (TPSA) is 55.8 Å². The summed E-state index contributed by atoms with van der Waals surface area (Å²) in [6.07, 6.45) is 11.8. The number of amides is 2. The number of unbranched alkanes of at least 4 members (excludes halogenated alkanes) is 9. The number of benzene rings is 2. The quantitative estimate of drug-likeness (QED) is 0.126. The van der Waals surface area contributed by atoms with Crippen molar-refractivity contribution in [2.45, 2.75) is 70.8 Å². The van der Waals surface area contributed by atoms with Crippen molar-refractivity contribution < 1.29 is 19.2 Å². The van der Waals surface area contributed by atoms with E-state index in [2.05, 4.69) is 46.9 Å². The Morgan fingerprint density at radius 1 is 0.636 bits per heavy atom. The zero-order valence-corrected chi connectivity index (χ0v) is 21.4. The first-order valence-electron chi connectivity index (χ1n) is 12.1. The number of rotatable bonds is 16. The van der Waals surface area contributed by atoms with Crippen LogP contribution in [0.15, 0.2) is 48.5 Å². The van der Waals surface area contributed by atoms with Gasteiger partial charge in [-0.2, -0.15) is 0 Å². The average Bonchev–Trinajstić information content (AvgIpc) is 3.07. The van der Waals surface area contributed by atoms with Crippen LogP contribution in [-0.4, -0.2) is 30.1 Å². The highest BCUT2D eigenvalue weighted by Gasteiger charge is 2.36. The summed E-state index contributed by atoms with van der Waals surface area (Å²) < 4.78 is 7.07. The van der Waals surface area contributed by atoms with Gasteiger partial charge in [-0.05, 0) is 59.2 Å². The molecule has 1 heterocycles. The molecule has 6 heteroatoms. The van der Waals surface area contributed by atoms with Crippen LogP contribution in [-0.2, 0) is 16.2 Å². The molecule has 1 aliphatic rings. The van der Waals surface area contributed by atoms with Crippen molar-refractivity contribution >= 4 is 34.4 Å². The van der Waals surface area contributed by atoms with Crippen LogP contribution >= 0.6 is 22.6 Å². The summed E-state index contributed by atoms with van der Waals surface area (Å²) in [5.41, 5.74) is 2.13. The van der Waals surface area contributed by atoms with Crippen LogP contribution in [0.3, 0.4) is 0 Å². The second-order valence-corrected chi connectivity index (χ2v) is 9.63. The number of carbonyl (C=O) groups excluding carboxylic acids is 2. The highest BCUT2D eigenvalue weighted by atomic mass is 127. The van der Waals surface area contributed by atoms with Crippen LogP contribution in [0.25, 0.3) is 0 Å². The number of nitrogens with zero attached hydrogens (tertiary/aromatic N) is 1. The van der Waals surface area contributed by atoms with Gasteiger partial charge < -0.3 is 4.74 Å². The van der Waals surface area contributed by atoms with Crippen LogP contribution in [0.1, 0.15) is 90.5 Å². The van der Waals surface area contributed by atoms with Gasteiger partial charge in [-0.25, -0.2) is 0 Å². The second kappa shape index (κ2) is 14.5. The Labute approximate surface area is 210 Å². The molecule has 0 radical (unpaired) electrons. The molecule has 5 nitrogen and oxygen atoms in total. The number of fused-ring (bicyclic) bond motifs is 1. The lowest BCUT2D eigenvalue weighted by atomic mass is 10.1. The fourth-order valence-corrected chi connectivity index (χ4v) is 4.50. The lowest BCUT2D eigenvalue weighted by molar-refractivity contribution is -0.0922. The summed E-state index contributed by atoms with van der Waals surface area (Å²) >= 11 is 2.36. The van der Waals surface area contributed by atoms with Crippen LogP contribution in [0.5, 0.6) is 0 Å². The van der Waals surface area contributed by atoms with E-state index in [0.717, 1.165) is 37.4 Å². The van der Waals surface area contributed by atoms with E-state index in [1.807, 2.05) is 0 Å². The van der Waals surface area contributed by atoms with Gasteiger partial charge in [0.2, 0.25) is 0 Å². The number of ether oxygens (including phenoxy) is 1. The third kappa shape index (κ3) is 8.19. The molecule has 0 spiro atoms. The molecule has 0 aliphatic carbocycles. The standard InChI is InChI=1S/C27H34INO4/c28-25-18-12-9-15-22(25)21-32-19-13-7-5-3-1-2-4-6-8-14-20-33-29-26(30)23-16-10-11-17-24(23)27(29)31/h9-12,15-18H,1-8,13-14,19-21H2. The van der Waals surface area contributed by atoms with Gasteiger partial charge in [0.25, 0.3) is 11.8 Å². The lowest BCUT2D eigenvalue weighted by Gasteiger charge is -2.13. The first kappa shape index (κ1) is 25.8. The first-order chi connectivity index (χ1) is 16.2. The van der Waals surface area contributed by atoms with E-state index in [9.17, 15) is 9.59 Å². The molecule has 0 unspecified atom stereocenters. The minimum absolute atomic E-state index is 0.354. The maximum absolute atomic E-state index is 12.2. The Morgan fingerprint density at radius 2 is 1.12 bits per heavy atom. The molecule has 0 N–H and O–H groups in total. The van der Waals surface area contributed by atoms with E-state index < -0.39 is 0 Å². The normalized spacial score (nSPS) is 13.1. The van der Waals surface area contributed by atoms with E-state index >= 15 is 0 Å². The van der Waals surface area contributed by atoms with Gasteiger partial charge >= 0.3 is 0 Å². The molecule has 2 amide bonds. The van der Waals surface area contributed by atoms with E-state index in [1.165, 1.54) is 47.7 Å². The highest BCUT2D eigenvalue weighted by Crippen LogP contribution is 2.23. The summed E-state index contributed by atoms with van der Waals surface area (Å²) in [6, 6.07) is 15.2. The van der Waals surface area contributed by atoms with E-state index in [4.69, 9.17) is 9.57 Å². The van der Waals surface area contributed by atoms with Gasteiger partial charge in [0.05, 0.1) is 24.3 Å². The summed E-state index contributed by atoms with van der Waals surface area (Å²) in [6.45, 7) is 1.95. The van der Waals surface area contributed by atoms with Crippen LogP contribution < -0.4 is 0 Å². The monoisotopic (exact) mass is 563 g/mol. The van der Waals surface area contributed by atoms with Gasteiger partial charge in [-0.3, -0.25) is 14.4 Å². The molecule has 0 saturated carbocycles. The largest absolute Gasteiger partial charge is 0.377 e. The van der Waals surface area contributed by atoms with Gasteiger partial charge in [-0.15, -0.1) is 5.06 Å². The predicted octanol–water partition coefficient (Wildman–Crippen LogP) is 6.94. The molecule has 2 aromatic rings. The van der Waals surface area contributed by atoms with E-state index in [1.54, 1.807) is 24.3 Å². The van der Waals surface area contributed by atoms with Crippen molar-refractivity contribution in [1.29, 1.82) is 0 Å². The number of carbonyl (C=O) groups is 2. The zero-order chi connectivity index (χ0) is 23.3. The summed E-state index contributed by atoms with van der Waals surface area (Å²) in [4.78, 5) is 29.9. The molecule has 0 fully saturated rings.